The summed E-state index contributed by atoms with van der Waals surface area (Å²) in [5, 5.41) is 4.48. The third-order valence-electron chi connectivity index (χ3n) is 4.49. The summed E-state index contributed by atoms with van der Waals surface area (Å²) in [7, 11) is 0. The third-order valence-corrected chi connectivity index (χ3v) is 4.73. The molecule has 0 spiro atoms. The van der Waals surface area contributed by atoms with Crippen LogP contribution in [0, 0.1) is 6.92 Å². The van der Waals surface area contributed by atoms with Crippen LogP contribution in [0.25, 0.3) is 11.1 Å². The van der Waals surface area contributed by atoms with E-state index in [4.69, 9.17) is 20.5 Å². The second-order valence-corrected chi connectivity index (χ2v) is 6.81. The molecule has 7 nitrogen and oxygen atoms in total. The van der Waals surface area contributed by atoms with Gasteiger partial charge in [0, 0.05) is 43.3 Å². The fraction of sp³-hybridized carbons (Fsp3) is 0.412. The summed E-state index contributed by atoms with van der Waals surface area (Å²) in [6.45, 7) is 6.78. The molecule has 1 aliphatic rings. The standard InChI is InChI=1S/C17H19ClN4O3/c1-12-8-14(25-19-12)10-20-4-6-21(7-5-20)11-22-15-3-2-13(18)9-16(15)24-17(22)23/h2-3,8-9H,4-7,10-11H2,1H3. The number of nitrogens with zero attached hydrogens (tertiary/aromatic N) is 4. The van der Waals surface area contributed by atoms with Crippen molar-refractivity contribution in [2.45, 2.75) is 20.1 Å². The molecule has 1 aliphatic heterocycles. The molecule has 0 N–H and O–H groups in total. The Morgan fingerprint density at radius 2 is 1.92 bits per heavy atom. The molecule has 0 unspecified atom stereocenters. The van der Waals surface area contributed by atoms with E-state index in [1.54, 1.807) is 16.7 Å². The van der Waals surface area contributed by atoms with Crippen molar-refractivity contribution < 1.29 is 8.94 Å². The van der Waals surface area contributed by atoms with Crippen LogP contribution in [0.1, 0.15) is 11.5 Å². The largest absolute Gasteiger partial charge is 0.421 e. The molecule has 25 heavy (non-hydrogen) atoms. The number of oxazole rings is 1. The van der Waals surface area contributed by atoms with Gasteiger partial charge in [-0.2, -0.15) is 0 Å². The molecule has 1 fully saturated rings. The van der Waals surface area contributed by atoms with Gasteiger partial charge < -0.3 is 8.94 Å². The Kier molecular flexibility index (Phi) is 4.37. The summed E-state index contributed by atoms with van der Waals surface area (Å²) in [6.07, 6.45) is 0. The molecule has 1 saturated heterocycles. The zero-order valence-electron chi connectivity index (χ0n) is 13.9. The Morgan fingerprint density at radius 1 is 1.16 bits per heavy atom. The van der Waals surface area contributed by atoms with E-state index >= 15 is 0 Å². The van der Waals surface area contributed by atoms with Crippen molar-refractivity contribution in [2.24, 2.45) is 0 Å². The Balaban J connectivity index is 1.40. The fourth-order valence-corrected chi connectivity index (χ4v) is 3.34. The first-order chi connectivity index (χ1) is 12.1. The zero-order chi connectivity index (χ0) is 17.4. The van der Waals surface area contributed by atoms with Crippen LogP contribution >= 0.6 is 11.6 Å². The molecule has 132 valence electrons. The topological polar surface area (TPSA) is 67.7 Å². The van der Waals surface area contributed by atoms with Crippen LogP contribution in [0.3, 0.4) is 0 Å². The first-order valence-electron chi connectivity index (χ1n) is 8.24. The second kappa shape index (κ2) is 6.67. The maximum absolute atomic E-state index is 12.1. The second-order valence-electron chi connectivity index (χ2n) is 6.38. The number of halogens is 1. The first kappa shape index (κ1) is 16.4. The first-order valence-corrected chi connectivity index (χ1v) is 8.62. The van der Waals surface area contributed by atoms with Crippen molar-refractivity contribution in [3.8, 4) is 0 Å². The van der Waals surface area contributed by atoms with Gasteiger partial charge in [-0.25, -0.2) is 4.79 Å². The molecule has 0 atom stereocenters. The Hall–Kier alpha value is -2.09. The molecule has 0 amide bonds. The molecule has 0 bridgehead atoms. The highest BCUT2D eigenvalue weighted by Gasteiger charge is 2.20. The molecule has 2 aromatic heterocycles. The van der Waals surface area contributed by atoms with Gasteiger partial charge in [0.25, 0.3) is 0 Å². The van der Waals surface area contributed by atoms with Crippen LogP contribution in [0.4, 0.5) is 0 Å². The summed E-state index contributed by atoms with van der Waals surface area (Å²) in [5.74, 6) is 0.539. The highest BCUT2D eigenvalue weighted by atomic mass is 35.5. The lowest BCUT2D eigenvalue weighted by atomic mass is 10.3. The number of benzene rings is 1. The van der Waals surface area contributed by atoms with Crippen LogP contribution in [-0.2, 0) is 13.2 Å². The maximum atomic E-state index is 12.1. The van der Waals surface area contributed by atoms with Gasteiger partial charge >= 0.3 is 5.76 Å². The minimum atomic E-state index is -0.350. The van der Waals surface area contributed by atoms with Gasteiger partial charge in [-0.15, -0.1) is 0 Å². The minimum absolute atomic E-state index is 0.350. The lowest BCUT2D eigenvalue weighted by molar-refractivity contribution is 0.0954. The van der Waals surface area contributed by atoms with Crippen molar-refractivity contribution in [2.75, 3.05) is 26.2 Å². The monoisotopic (exact) mass is 362 g/mol. The predicted molar refractivity (Wildman–Crippen MR) is 93.6 cm³/mol. The van der Waals surface area contributed by atoms with Crippen molar-refractivity contribution in [3.05, 3.63) is 51.3 Å². The van der Waals surface area contributed by atoms with Crippen molar-refractivity contribution in [1.29, 1.82) is 0 Å². The van der Waals surface area contributed by atoms with Gasteiger partial charge in [0.15, 0.2) is 11.3 Å². The van der Waals surface area contributed by atoms with E-state index in [0.29, 0.717) is 17.3 Å². The van der Waals surface area contributed by atoms with Gasteiger partial charge in [-0.3, -0.25) is 14.4 Å². The van der Waals surface area contributed by atoms with Crippen LogP contribution in [0.15, 0.2) is 38.0 Å². The summed E-state index contributed by atoms with van der Waals surface area (Å²) in [5.41, 5.74) is 2.20. The maximum Gasteiger partial charge on any atom is 0.421 e. The lowest BCUT2D eigenvalue weighted by Crippen LogP contribution is -2.47. The number of hydrogen-bond donors (Lipinski definition) is 0. The SMILES string of the molecule is Cc1cc(CN2CCN(Cn3c(=O)oc4cc(Cl)ccc43)CC2)on1. The van der Waals surface area contributed by atoms with E-state index in [-0.39, 0.29) is 5.76 Å². The van der Waals surface area contributed by atoms with E-state index < -0.39 is 0 Å². The van der Waals surface area contributed by atoms with E-state index in [1.165, 1.54) is 0 Å². The number of fused-ring (bicyclic) bond motifs is 1. The molecular formula is C17H19ClN4O3. The highest BCUT2D eigenvalue weighted by Crippen LogP contribution is 2.19. The highest BCUT2D eigenvalue weighted by molar-refractivity contribution is 6.31. The van der Waals surface area contributed by atoms with E-state index in [0.717, 1.165) is 49.7 Å². The van der Waals surface area contributed by atoms with Crippen LogP contribution in [-0.4, -0.2) is 45.7 Å². The van der Waals surface area contributed by atoms with Gasteiger partial charge in [-0.1, -0.05) is 16.8 Å². The Bertz CT molecular complexity index is 937. The van der Waals surface area contributed by atoms with E-state index in [1.807, 2.05) is 19.1 Å². The van der Waals surface area contributed by atoms with Gasteiger partial charge in [-0.05, 0) is 19.1 Å². The molecule has 8 heteroatoms. The summed E-state index contributed by atoms with van der Waals surface area (Å²) >= 11 is 5.96. The van der Waals surface area contributed by atoms with Crippen LogP contribution < -0.4 is 5.76 Å². The quantitative estimate of drug-likeness (QED) is 0.709. The molecule has 4 rings (SSSR count). The smallest absolute Gasteiger partial charge is 0.408 e. The van der Waals surface area contributed by atoms with Crippen LogP contribution in [0.2, 0.25) is 5.02 Å². The van der Waals surface area contributed by atoms with Crippen molar-refractivity contribution >= 4 is 22.7 Å². The van der Waals surface area contributed by atoms with Gasteiger partial charge in [0.05, 0.1) is 24.4 Å². The summed E-state index contributed by atoms with van der Waals surface area (Å²) < 4.78 is 12.2. The average molecular weight is 363 g/mol. The molecule has 1 aromatic carbocycles. The molecule has 3 heterocycles. The fourth-order valence-electron chi connectivity index (χ4n) is 3.17. The molecule has 0 radical (unpaired) electrons. The Morgan fingerprint density at radius 3 is 2.64 bits per heavy atom. The molecule has 0 aliphatic carbocycles. The summed E-state index contributed by atoms with van der Waals surface area (Å²) in [4.78, 5) is 16.7. The molecule has 0 saturated carbocycles. The van der Waals surface area contributed by atoms with Gasteiger partial charge in [0.1, 0.15) is 0 Å². The predicted octanol–water partition coefficient (Wildman–Crippen LogP) is 2.32. The average Bonchev–Trinajstić information content (AvgIpc) is 3.12. The number of aromatic nitrogens is 2. The minimum Gasteiger partial charge on any atom is -0.408 e. The number of piperazine rings is 1. The van der Waals surface area contributed by atoms with E-state index in [2.05, 4.69) is 15.0 Å². The summed E-state index contributed by atoms with van der Waals surface area (Å²) in [6, 6.07) is 7.23. The number of hydrogen-bond acceptors (Lipinski definition) is 6. The van der Waals surface area contributed by atoms with Crippen molar-refractivity contribution in [1.82, 2.24) is 19.5 Å². The third kappa shape index (κ3) is 3.49. The molecular weight excluding hydrogens is 344 g/mol. The zero-order valence-corrected chi connectivity index (χ0v) is 14.7. The number of rotatable bonds is 4. The normalized spacial score (nSPS) is 16.7. The van der Waals surface area contributed by atoms with Crippen LogP contribution in [0.5, 0.6) is 0 Å². The van der Waals surface area contributed by atoms with Crippen molar-refractivity contribution in [3.63, 3.8) is 0 Å². The van der Waals surface area contributed by atoms with Gasteiger partial charge in [0.2, 0.25) is 0 Å². The van der Waals surface area contributed by atoms with E-state index in [9.17, 15) is 4.79 Å². The lowest BCUT2D eigenvalue weighted by Gasteiger charge is -2.33. The Labute approximate surface area is 149 Å². The number of aryl methyl sites for hydroxylation is 1. The molecule has 3 aromatic rings.